The number of amides is 2. The summed E-state index contributed by atoms with van der Waals surface area (Å²) in [5, 5.41) is 2.93. The van der Waals surface area contributed by atoms with Crippen molar-refractivity contribution in [2.45, 2.75) is 19.9 Å². The predicted octanol–water partition coefficient (Wildman–Crippen LogP) is 5.87. The highest BCUT2D eigenvalue weighted by Gasteiger charge is 2.17. The van der Waals surface area contributed by atoms with E-state index in [-0.39, 0.29) is 12.3 Å². The summed E-state index contributed by atoms with van der Waals surface area (Å²) in [4.78, 5) is 30.7. The number of benzene rings is 3. The van der Waals surface area contributed by atoms with Gasteiger partial charge in [0.1, 0.15) is 0 Å². The third kappa shape index (κ3) is 4.85. The zero-order chi connectivity index (χ0) is 24.4. The topological polar surface area (TPSA) is 90.0 Å². The van der Waals surface area contributed by atoms with Crippen LogP contribution in [-0.2, 0) is 11.3 Å². The van der Waals surface area contributed by atoms with Crippen molar-refractivity contribution in [2.75, 3.05) is 5.32 Å². The van der Waals surface area contributed by atoms with E-state index in [1.165, 1.54) is 16.9 Å². The van der Waals surface area contributed by atoms with E-state index < -0.39 is 5.91 Å². The minimum Gasteiger partial charge on any atom is -0.370 e. The molecule has 0 radical (unpaired) electrons. The van der Waals surface area contributed by atoms with Crippen molar-refractivity contribution in [2.24, 2.45) is 5.73 Å². The first kappa shape index (κ1) is 22.6. The molecule has 5 rings (SSSR count). The number of aromatic nitrogens is 2. The van der Waals surface area contributed by atoms with Gasteiger partial charge >= 0.3 is 0 Å². The van der Waals surface area contributed by atoms with Crippen LogP contribution in [0.3, 0.4) is 0 Å². The standard InChI is InChI=1S/C28H24N4O2S/c1-18-7-12-23-22(17-18)30-28(32(23)16-15-26(29)33)31-27(34)25-14-13-24(35-25)21-10-8-20(9-11-21)19-5-3-2-4-6-19/h2-14,17H,15-16H2,1H3,(H2,29,33)(H,30,31,34). The number of hydrogen-bond donors (Lipinski definition) is 2. The van der Waals surface area contributed by atoms with Crippen molar-refractivity contribution in [3.8, 4) is 21.6 Å². The van der Waals surface area contributed by atoms with Crippen LogP contribution in [0.2, 0.25) is 0 Å². The van der Waals surface area contributed by atoms with E-state index in [1.807, 2.05) is 60.0 Å². The number of rotatable bonds is 7. The molecular weight excluding hydrogens is 456 g/mol. The number of fused-ring (bicyclic) bond motifs is 1. The van der Waals surface area contributed by atoms with Crippen LogP contribution in [0.1, 0.15) is 21.7 Å². The van der Waals surface area contributed by atoms with E-state index in [1.54, 1.807) is 0 Å². The van der Waals surface area contributed by atoms with Gasteiger partial charge in [0.15, 0.2) is 0 Å². The van der Waals surface area contributed by atoms with Crippen molar-refractivity contribution in [3.05, 3.63) is 95.4 Å². The second-order valence-corrected chi connectivity index (χ2v) is 9.44. The average molecular weight is 481 g/mol. The molecule has 0 aliphatic heterocycles. The Bertz CT molecular complexity index is 1520. The van der Waals surface area contributed by atoms with Crippen LogP contribution in [0.25, 0.3) is 32.6 Å². The molecule has 7 heteroatoms. The van der Waals surface area contributed by atoms with Gasteiger partial charge in [0.05, 0.1) is 15.9 Å². The smallest absolute Gasteiger partial charge is 0.268 e. The van der Waals surface area contributed by atoms with Gasteiger partial charge in [0.25, 0.3) is 5.91 Å². The maximum absolute atomic E-state index is 13.1. The van der Waals surface area contributed by atoms with E-state index in [4.69, 9.17) is 5.73 Å². The van der Waals surface area contributed by atoms with Crippen LogP contribution >= 0.6 is 11.3 Å². The molecule has 0 spiro atoms. The number of nitrogens with one attached hydrogen (secondary N) is 1. The van der Waals surface area contributed by atoms with E-state index in [9.17, 15) is 9.59 Å². The Morgan fingerprint density at radius 1 is 0.914 bits per heavy atom. The zero-order valence-corrected chi connectivity index (χ0v) is 20.0. The van der Waals surface area contributed by atoms with Crippen molar-refractivity contribution in [1.29, 1.82) is 0 Å². The van der Waals surface area contributed by atoms with Gasteiger partial charge in [-0.2, -0.15) is 0 Å². The van der Waals surface area contributed by atoms with Crippen molar-refractivity contribution in [3.63, 3.8) is 0 Å². The number of imidazole rings is 1. The number of thiophene rings is 1. The van der Waals surface area contributed by atoms with Gasteiger partial charge in [-0.15, -0.1) is 11.3 Å². The number of carbonyl (C=O) groups excluding carboxylic acids is 2. The number of hydrogen-bond acceptors (Lipinski definition) is 4. The molecular formula is C28H24N4O2S. The molecule has 3 aromatic carbocycles. The Morgan fingerprint density at radius 3 is 2.37 bits per heavy atom. The van der Waals surface area contributed by atoms with Gasteiger partial charge in [0.2, 0.25) is 11.9 Å². The quantitative estimate of drug-likeness (QED) is 0.305. The lowest BCUT2D eigenvalue weighted by atomic mass is 10.0. The summed E-state index contributed by atoms with van der Waals surface area (Å²) in [6.45, 7) is 2.33. The maximum Gasteiger partial charge on any atom is 0.268 e. The highest BCUT2D eigenvalue weighted by Crippen LogP contribution is 2.31. The van der Waals surface area contributed by atoms with Crippen LogP contribution in [0.5, 0.6) is 0 Å². The lowest BCUT2D eigenvalue weighted by Gasteiger charge is -2.08. The normalized spacial score (nSPS) is 11.0. The van der Waals surface area contributed by atoms with E-state index in [2.05, 4.69) is 46.7 Å². The number of anilines is 1. The molecule has 6 nitrogen and oxygen atoms in total. The molecule has 0 saturated carbocycles. The number of nitrogens with zero attached hydrogens (tertiary/aromatic N) is 2. The largest absolute Gasteiger partial charge is 0.370 e. The summed E-state index contributed by atoms with van der Waals surface area (Å²) in [7, 11) is 0. The summed E-state index contributed by atoms with van der Waals surface area (Å²) in [5.74, 6) is -0.244. The molecule has 0 saturated heterocycles. The summed E-state index contributed by atoms with van der Waals surface area (Å²) < 4.78 is 1.83. The first-order valence-electron chi connectivity index (χ1n) is 11.3. The number of carbonyl (C=O) groups is 2. The molecule has 2 aromatic heterocycles. The van der Waals surface area contributed by atoms with Crippen molar-refractivity contribution in [1.82, 2.24) is 9.55 Å². The first-order chi connectivity index (χ1) is 17.0. The van der Waals surface area contributed by atoms with Gasteiger partial charge in [-0.25, -0.2) is 4.98 Å². The zero-order valence-electron chi connectivity index (χ0n) is 19.2. The molecule has 5 aromatic rings. The molecule has 0 aliphatic rings. The summed E-state index contributed by atoms with van der Waals surface area (Å²) in [6.07, 6.45) is 0.157. The third-order valence-electron chi connectivity index (χ3n) is 5.82. The Kier molecular flexibility index (Phi) is 6.16. The molecule has 2 amide bonds. The molecule has 0 bridgehead atoms. The Balaban J connectivity index is 1.37. The molecule has 0 aliphatic carbocycles. The summed E-state index contributed by atoms with van der Waals surface area (Å²) in [5.41, 5.74) is 11.4. The highest BCUT2D eigenvalue weighted by molar-refractivity contribution is 7.17. The van der Waals surface area contributed by atoms with Crippen LogP contribution in [-0.4, -0.2) is 21.4 Å². The predicted molar refractivity (Wildman–Crippen MR) is 141 cm³/mol. The van der Waals surface area contributed by atoms with Gasteiger partial charge in [-0.1, -0.05) is 60.7 Å². The lowest BCUT2D eigenvalue weighted by molar-refractivity contribution is -0.118. The van der Waals surface area contributed by atoms with Crippen LogP contribution in [0.15, 0.2) is 84.9 Å². The second kappa shape index (κ2) is 9.56. The van der Waals surface area contributed by atoms with E-state index in [0.717, 1.165) is 32.6 Å². The van der Waals surface area contributed by atoms with Crippen LogP contribution in [0, 0.1) is 6.92 Å². The molecule has 0 unspecified atom stereocenters. The van der Waals surface area contributed by atoms with E-state index in [0.29, 0.717) is 17.4 Å². The SMILES string of the molecule is Cc1ccc2c(c1)nc(NC(=O)c1ccc(-c3ccc(-c4ccccc4)cc3)s1)n2CCC(N)=O. The summed E-state index contributed by atoms with van der Waals surface area (Å²) >= 11 is 1.43. The van der Waals surface area contributed by atoms with Gasteiger partial charge < -0.3 is 10.3 Å². The fraction of sp³-hybridized carbons (Fsp3) is 0.107. The van der Waals surface area contributed by atoms with Crippen LogP contribution < -0.4 is 11.1 Å². The first-order valence-corrected chi connectivity index (χ1v) is 12.1. The molecule has 174 valence electrons. The number of primary amides is 1. The summed E-state index contributed by atoms with van der Waals surface area (Å²) in [6, 6.07) is 28.2. The Labute approximate surface area is 207 Å². The minimum absolute atomic E-state index is 0.157. The number of aryl methyl sites for hydroxylation is 2. The van der Waals surface area contributed by atoms with Crippen LogP contribution in [0.4, 0.5) is 5.95 Å². The van der Waals surface area contributed by atoms with Crippen molar-refractivity contribution < 1.29 is 9.59 Å². The average Bonchev–Trinajstić information content (AvgIpc) is 3.48. The fourth-order valence-electron chi connectivity index (χ4n) is 4.02. The minimum atomic E-state index is -0.405. The van der Waals surface area contributed by atoms with Gasteiger partial charge in [-0.05, 0) is 53.4 Å². The molecule has 35 heavy (non-hydrogen) atoms. The van der Waals surface area contributed by atoms with E-state index >= 15 is 0 Å². The number of nitrogens with two attached hydrogens (primary N) is 1. The Morgan fingerprint density at radius 2 is 1.63 bits per heavy atom. The highest BCUT2D eigenvalue weighted by atomic mass is 32.1. The maximum atomic E-state index is 13.1. The lowest BCUT2D eigenvalue weighted by Crippen LogP contribution is -2.18. The van der Waals surface area contributed by atoms with Gasteiger partial charge in [0, 0.05) is 17.8 Å². The second-order valence-electron chi connectivity index (χ2n) is 8.36. The molecule has 2 heterocycles. The fourth-order valence-corrected chi connectivity index (χ4v) is 4.93. The molecule has 3 N–H and O–H groups in total. The monoisotopic (exact) mass is 480 g/mol. The molecule has 0 fully saturated rings. The van der Waals surface area contributed by atoms with Crippen molar-refractivity contribution >= 4 is 40.1 Å². The Hall–Kier alpha value is -4.23. The third-order valence-corrected chi connectivity index (χ3v) is 6.95. The van der Waals surface area contributed by atoms with Gasteiger partial charge in [-0.3, -0.25) is 14.9 Å². The molecule has 0 atom stereocenters.